The molecule has 2 aromatic carbocycles. The largest absolute Gasteiger partial charge is 0.221 e. The van der Waals surface area contributed by atoms with Gasteiger partial charge in [0.15, 0.2) is 5.82 Å². The van der Waals surface area contributed by atoms with Gasteiger partial charge in [-0.1, -0.05) is 58.4 Å². The van der Waals surface area contributed by atoms with Crippen LogP contribution in [0.1, 0.15) is 5.56 Å². The van der Waals surface area contributed by atoms with Gasteiger partial charge in [0, 0.05) is 10.0 Å². The highest BCUT2D eigenvalue weighted by Gasteiger charge is 2.08. The zero-order valence-corrected chi connectivity index (χ0v) is 11.7. The third-order valence-corrected chi connectivity index (χ3v) is 3.34. The van der Waals surface area contributed by atoms with Crippen molar-refractivity contribution >= 4 is 15.9 Å². The molecule has 0 bridgehead atoms. The molecule has 0 amide bonds. The summed E-state index contributed by atoms with van der Waals surface area (Å²) in [6.07, 6.45) is 0. The van der Waals surface area contributed by atoms with E-state index in [4.69, 9.17) is 0 Å². The molecule has 94 valence electrons. The average Bonchev–Trinajstić information content (AvgIpc) is 2.89. The fourth-order valence-corrected chi connectivity index (χ4v) is 2.14. The lowest BCUT2D eigenvalue weighted by atomic mass is 10.2. The number of hydrogen-bond donors (Lipinski definition) is 0. The van der Waals surface area contributed by atoms with Crippen LogP contribution in [0.15, 0.2) is 59.1 Å². The van der Waals surface area contributed by atoms with E-state index in [-0.39, 0.29) is 0 Å². The summed E-state index contributed by atoms with van der Waals surface area (Å²) in [5, 5.41) is 11.9. The van der Waals surface area contributed by atoms with E-state index < -0.39 is 0 Å². The van der Waals surface area contributed by atoms with Crippen LogP contribution in [0.5, 0.6) is 0 Å². The SMILES string of the molecule is Brc1ccc(-c2nnnn2Cc2ccccc2)cc1. The first-order chi connectivity index (χ1) is 9.33. The van der Waals surface area contributed by atoms with Gasteiger partial charge in [-0.15, -0.1) is 5.10 Å². The molecule has 3 rings (SSSR count). The quantitative estimate of drug-likeness (QED) is 0.746. The Labute approximate surface area is 119 Å². The smallest absolute Gasteiger partial charge is 0.182 e. The zero-order valence-electron chi connectivity index (χ0n) is 10.1. The maximum Gasteiger partial charge on any atom is 0.182 e. The van der Waals surface area contributed by atoms with Gasteiger partial charge < -0.3 is 0 Å². The van der Waals surface area contributed by atoms with Gasteiger partial charge in [0.05, 0.1) is 6.54 Å². The number of halogens is 1. The summed E-state index contributed by atoms with van der Waals surface area (Å²) in [6, 6.07) is 18.1. The lowest BCUT2D eigenvalue weighted by Gasteiger charge is -2.04. The summed E-state index contributed by atoms with van der Waals surface area (Å²) < 4.78 is 2.84. The molecule has 0 saturated heterocycles. The van der Waals surface area contributed by atoms with Crippen molar-refractivity contribution in [3.05, 3.63) is 64.6 Å². The predicted octanol–water partition coefficient (Wildman–Crippen LogP) is 3.15. The molecule has 0 N–H and O–H groups in total. The van der Waals surface area contributed by atoms with Crippen LogP contribution in [0.4, 0.5) is 0 Å². The van der Waals surface area contributed by atoms with Gasteiger partial charge in [-0.2, -0.15) is 0 Å². The first-order valence-corrected chi connectivity index (χ1v) is 6.68. The lowest BCUT2D eigenvalue weighted by molar-refractivity contribution is 0.653. The Hall–Kier alpha value is -2.01. The van der Waals surface area contributed by atoms with Gasteiger partial charge in [-0.05, 0) is 28.1 Å². The highest BCUT2D eigenvalue weighted by Crippen LogP contribution is 2.19. The minimum Gasteiger partial charge on any atom is -0.221 e. The van der Waals surface area contributed by atoms with Crippen molar-refractivity contribution in [1.82, 2.24) is 20.2 Å². The van der Waals surface area contributed by atoms with Crippen LogP contribution in [0.3, 0.4) is 0 Å². The summed E-state index contributed by atoms with van der Waals surface area (Å²) in [4.78, 5) is 0. The van der Waals surface area contributed by atoms with Crippen molar-refractivity contribution in [3.8, 4) is 11.4 Å². The molecule has 1 aromatic heterocycles. The molecular formula is C14H11BrN4. The molecule has 0 spiro atoms. The first kappa shape index (κ1) is 12.0. The van der Waals surface area contributed by atoms with E-state index in [0.29, 0.717) is 6.54 Å². The van der Waals surface area contributed by atoms with Crippen LogP contribution in [0.25, 0.3) is 11.4 Å². The Morgan fingerprint density at radius 2 is 1.68 bits per heavy atom. The molecule has 0 atom stereocenters. The second-order valence-electron chi connectivity index (χ2n) is 4.15. The van der Waals surface area contributed by atoms with Crippen molar-refractivity contribution in [2.45, 2.75) is 6.54 Å². The summed E-state index contributed by atoms with van der Waals surface area (Å²) in [5.74, 6) is 0.774. The number of benzene rings is 2. The van der Waals surface area contributed by atoms with Crippen LogP contribution >= 0.6 is 15.9 Å². The molecule has 0 radical (unpaired) electrons. The van der Waals surface area contributed by atoms with Crippen molar-refractivity contribution in [2.75, 3.05) is 0 Å². The lowest BCUT2D eigenvalue weighted by Crippen LogP contribution is -2.04. The molecule has 19 heavy (non-hydrogen) atoms. The van der Waals surface area contributed by atoms with E-state index in [9.17, 15) is 0 Å². The Morgan fingerprint density at radius 1 is 0.947 bits per heavy atom. The summed E-state index contributed by atoms with van der Waals surface area (Å²) >= 11 is 3.42. The molecule has 3 aromatic rings. The predicted molar refractivity (Wildman–Crippen MR) is 76.5 cm³/mol. The molecule has 4 nitrogen and oxygen atoms in total. The Balaban J connectivity index is 1.92. The summed E-state index contributed by atoms with van der Waals surface area (Å²) in [7, 11) is 0. The number of tetrazole rings is 1. The highest BCUT2D eigenvalue weighted by atomic mass is 79.9. The second kappa shape index (κ2) is 5.32. The van der Waals surface area contributed by atoms with Crippen LogP contribution in [0, 0.1) is 0 Å². The van der Waals surface area contributed by atoms with E-state index in [1.54, 1.807) is 4.68 Å². The van der Waals surface area contributed by atoms with Crippen molar-refractivity contribution in [1.29, 1.82) is 0 Å². The molecule has 0 aliphatic heterocycles. The molecular weight excluding hydrogens is 304 g/mol. The highest BCUT2D eigenvalue weighted by molar-refractivity contribution is 9.10. The van der Waals surface area contributed by atoms with Gasteiger partial charge in [-0.3, -0.25) is 0 Å². The Bertz CT molecular complexity index is 661. The maximum absolute atomic E-state index is 4.10. The summed E-state index contributed by atoms with van der Waals surface area (Å²) in [5.41, 5.74) is 2.18. The van der Waals surface area contributed by atoms with Crippen molar-refractivity contribution in [3.63, 3.8) is 0 Å². The topological polar surface area (TPSA) is 43.6 Å². The molecule has 1 heterocycles. The standard InChI is InChI=1S/C14H11BrN4/c15-13-8-6-12(7-9-13)14-16-17-18-19(14)10-11-4-2-1-3-5-11/h1-9H,10H2. The Morgan fingerprint density at radius 3 is 2.42 bits per heavy atom. The van der Waals surface area contributed by atoms with Gasteiger partial charge in [0.2, 0.25) is 0 Å². The van der Waals surface area contributed by atoms with Crippen LogP contribution < -0.4 is 0 Å². The zero-order chi connectivity index (χ0) is 13.1. The number of nitrogens with zero attached hydrogens (tertiary/aromatic N) is 4. The molecule has 0 fully saturated rings. The fourth-order valence-electron chi connectivity index (χ4n) is 1.87. The van der Waals surface area contributed by atoms with Gasteiger partial charge in [-0.25, -0.2) is 4.68 Å². The minimum atomic E-state index is 0.666. The van der Waals surface area contributed by atoms with Crippen LogP contribution in [-0.4, -0.2) is 20.2 Å². The average molecular weight is 315 g/mol. The van der Waals surface area contributed by atoms with E-state index in [2.05, 4.69) is 43.6 Å². The third-order valence-electron chi connectivity index (χ3n) is 2.81. The van der Waals surface area contributed by atoms with Crippen molar-refractivity contribution < 1.29 is 0 Å². The second-order valence-corrected chi connectivity index (χ2v) is 5.07. The summed E-state index contributed by atoms with van der Waals surface area (Å²) in [6.45, 7) is 0.666. The van der Waals surface area contributed by atoms with Gasteiger partial charge in [0.25, 0.3) is 0 Å². The van der Waals surface area contributed by atoms with Gasteiger partial charge >= 0.3 is 0 Å². The normalized spacial score (nSPS) is 10.6. The third kappa shape index (κ3) is 2.71. The van der Waals surface area contributed by atoms with E-state index in [1.165, 1.54) is 5.56 Å². The molecule has 0 unspecified atom stereocenters. The van der Waals surface area contributed by atoms with E-state index >= 15 is 0 Å². The first-order valence-electron chi connectivity index (χ1n) is 5.89. The number of hydrogen-bond acceptors (Lipinski definition) is 3. The minimum absolute atomic E-state index is 0.666. The fraction of sp³-hybridized carbons (Fsp3) is 0.0714. The molecule has 0 aliphatic carbocycles. The van der Waals surface area contributed by atoms with Crippen molar-refractivity contribution in [2.24, 2.45) is 0 Å². The van der Waals surface area contributed by atoms with Crippen LogP contribution in [0.2, 0.25) is 0 Å². The molecule has 5 heteroatoms. The Kier molecular flexibility index (Phi) is 3.37. The molecule has 0 aliphatic rings. The molecule has 0 saturated carbocycles. The monoisotopic (exact) mass is 314 g/mol. The van der Waals surface area contributed by atoms with Crippen LogP contribution in [-0.2, 0) is 6.54 Å². The number of rotatable bonds is 3. The van der Waals surface area contributed by atoms with Gasteiger partial charge in [0.1, 0.15) is 0 Å². The van der Waals surface area contributed by atoms with E-state index in [1.807, 2.05) is 42.5 Å². The number of aromatic nitrogens is 4. The van der Waals surface area contributed by atoms with E-state index in [0.717, 1.165) is 15.9 Å². The maximum atomic E-state index is 4.10.